The third kappa shape index (κ3) is 6.56. The molecule has 0 atom stereocenters. The zero-order chi connectivity index (χ0) is 21.5. The number of carbonyl (C=O) groups excluding carboxylic acids is 1. The molecule has 4 aliphatic rings. The summed E-state index contributed by atoms with van der Waals surface area (Å²) in [6, 6.07) is 2.58. The molecule has 183 valence electrons. The normalized spacial score (nSPS) is 26.4. The van der Waals surface area contributed by atoms with Crippen molar-refractivity contribution in [3.8, 4) is 0 Å². The molecule has 0 bridgehead atoms. The molecule has 0 radical (unpaired) electrons. The summed E-state index contributed by atoms with van der Waals surface area (Å²) in [6.07, 6.45) is 27.0. The third-order valence-corrected chi connectivity index (χ3v) is 12.4. The van der Waals surface area contributed by atoms with Gasteiger partial charge in [0, 0.05) is 0 Å². The van der Waals surface area contributed by atoms with E-state index in [-0.39, 0.29) is 5.97 Å². The fourth-order valence-corrected chi connectivity index (χ4v) is 11.2. The molecule has 0 unspecified atom stereocenters. The molecule has 4 aliphatic carbocycles. The Kier molecular flexibility index (Phi) is 9.75. The van der Waals surface area contributed by atoms with Gasteiger partial charge in [0.15, 0.2) is 0 Å². The molecule has 4 fully saturated rings. The van der Waals surface area contributed by atoms with Crippen molar-refractivity contribution in [1.82, 2.24) is 7.07 Å². The molecule has 0 amide bonds. The predicted molar refractivity (Wildman–Crippen MR) is 123 cm³/mol. The maximum absolute atomic E-state index is 12.5. The van der Waals surface area contributed by atoms with Crippen molar-refractivity contribution in [2.45, 2.75) is 160 Å². The van der Waals surface area contributed by atoms with Crippen LogP contribution in [0.15, 0.2) is 0 Å². The van der Waals surface area contributed by atoms with Crippen molar-refractivity contribution < 1.29 is 25.9 Å². The molecule has 0 N–H and O–H groups in total. The van der Waals surface area contributed by atoms with E-state index in [0.29, 0.717) is 24.2 Å². The Hall–Kier alpha value is 0.0523. The van der Waals surface area contributed by atoms with Gasteiger partial charge in [0.05, 0.1) is 0 Å². The van der Waals surface area contributed by atoms with Crippen molar-refractivity contribution in [3.05, 3.63) is 0 Å². The molecule has 4 rings (SSSR count). The van der Waals surface area contributed by atoms with Crippen molar-refractivity contribution >= 4 is 5.97 Å². The molecular weight excluding hydrogens is 479 g/mol. The van der Waals surface area contributed by atoms with Gasteiger partial charge in [-0.3, -0.25) is 0 Å². The molecule has 0 aliphatic heterocycles. The van der Waals surface area contributed by atoms with E-state index in [0.717, 1.165) is 0 Å². The van der Waals surface area contributed by atoms with Gasteiger partial charge >= 0.3 is 198 Å². The number of carbonyl (C=O) groups is 1. The van der Waals surface area contributed by atoms with Crippen molar-refractivity contribution in [3.63, 3.8) is 0 Å². The summed E-state index contributed by atoms with van der Waals surface area (Å²) in [5.74, 6) is -0.0331. The van der Waals surface area contributed by atoms with E-state index in [1.54, 1.807) is 6.92 Å². The SMILES string of the molecule is CC(=O)[O][Pd]([N](C1CCCCC1)C1CCCCC1)[N](C1CCCCC1)C1CCCCC1. The van der Waals surface area contributed by atoms with Crippen LogP contribution >= 0.6 is 0 Å². The van der Waals surface area contributed by atoms with E-state index in [2.05, 4.69) is 7.07 Å². The number of rotatable bonds is 7. The van der Waals surface area contributed by atoms with E-state index in [9.17, 15) is 4.79 Å². The molecule has 4 saturated carbocycles. The van der Waals surface area contributed by atoms with E-state index in [1.165, 1.54) is 128 Å². The minimum absolute atomic E-state index is 0.0331. The van der Waals surface area contributed by atoms with Gasteiger partial charge < -0.3 is 0 Å². The number of nitrogens with zero attached hydrogens (tertiary/aromatic N) is 2. The molecule has 0 aromatic carbocycles. The van der Waals surface area contributed by atoms with Crippen LogP contribution in [0.3, 0.4) is 0 Å². The van der Waals surface area contributed by atoms with E-state index in [1.807, 2.05) is 0 Å². The third-order valence-electron chi connectivity index (χ3n) is 8.03. The molecule has 0 saturated heterocycles. The second-order valence-corrected chi connectivity index (χ2v) is 13.3. The topological polar surface area (TPSA) is 32.8 Å². The van der Waals surface area contributed by atoms with Crippen molar-refractivity contribution in [1.29, 1.82) is 0 Å². The van der Waals surface area contributed by atoms with Gasteiger partial charge in [0.25, 0.3) is 0 Å². The number of hydrogen-bond donors (Lipinski definition) is 0. The first-order valence-corrected chi connectivity index (χ1v) is 15.6. The van der Waals surface area contributed by atoms with Gasteiger partial charge in [0.2, 0.25) is 0 Å². The van der Waals surface area contributed by atoms with Gasteiger partial charge in [-0.1, -0.05) is 0 Å². The summed E-state index contributed by atoms with van der Waals surface area (Å²) in [5, 5.41) is 0. The van der Waals surface area contributed by atoms with Crippen LogP contribution in [0.1, 0.15) is 135 Å². The van der Waals surface area contributed by atoms with Gasteiger partial charge in [-0.2, -0.15) is 0 Å². The molecule has 0 heterocycles. The maximum atomic E-state index is 12.5. The van der Waals surface area contributed by atoms with Gasteiger partial charge in [-0.25, -0.2) is 0 Å². The summed E-state index contributed by atoms with van der Waals surface area (Å²) in [5.41, 5.74) is 0. The van der Waals surface area contributed by atoms with E-state index < -0.39 is 17.6 Å². The first-order chi connectivity index (χ1) is 15.2. The van der Waals surface area contributed by atoms with Crippen molar-refractivity contribution in [2.75, 3.05) is 0 Å². The Morgan fingerprint density at radius 2 is 0.806 bits per heavy atom. The summed E-state index contributed by atoms with van der Waals surface area (Å²) >= 11 is -1.70. The molecule has 31 heavy (non-hydrogen) atoms. The van der Waals surface area contributed by atoms with Crippen LogP contribution in [0.25, 0.3) is 0 Å². The predicted octanol–water partition coefficient (Wildman–Crippen LogP) is 6.85. The molecule has 0 aromatic heterocycles. The zero-order valence-electron chi connectivity index (χ0n) is 20.0. The van der Waals surface area contributed by atoms with Gasteiger partial charge in [0.1, 0.15) is 0 Å². The monoisotopic (exact) mass is 525 g/mol. The summed E-state index contributed by atoms with van der Waals surface area (Å²) in [6.45, 7) is 1.67. The van der Waals surface area contributed by atoms with Crippen LogP contribution in [0.2, 0.25) is 0 Å². The summed E-state index contributed by atoms with van der Waals surface area (Å²) in [7, 11) is 0. The fraction of sp³-hybridized carbons (Fsp3) is 0.962. The van der Waals surface area contributed by atoms with Gasteiger partial charge in [-0.15, -0.1) is 0 Å². The molecule has 5 heteroatoms. The Morgan fingerprint density at radius 3 is 1.03 bits per heavy atom. The second-order valence-electron chi connectivity index (χ2n) is 10.5. The molecule has 4 nitrogen and oxygen atoms in total. The standard InChI is InChI=1S/2C12H22N.C2H4O2.Pd/c2*1-3-7-11(8-4-1)13-12-9-5-2-6-10-12;1-2(3)4;/h2*11-12H,1-10H2;1H3,(H,3,4);/q2*-1;;+3/p-1. The first kappa shape index (κ1) is 24.2. The zero-order valence-corrected chi connectivity index (χ0v) is 21.5. The van der Waals surface area contributed by atoms with Crippen LogP contribution in [0.4, 0.5) is 0 Å². The summed E-state index contributed by atoms with van der Waals surface area (Å²) < 4.78 is 12.3. The Morgan fingerprint density at radius 1 is 0.548 bits per heavy atom. The van der Waals surface area contributed by atoms with Crippen molar-refractivity contribution in [2.24, 2.45) is 0 Å². The first-order valence-electron chi connectivity index (χ1n) is 13.6. The Labute approximate surface area is 198 Å². The average Bonchev–Trinajstić information content (AvgIpc) is 2.82. The second kappa shape index (κ2) is 12.5. The quantitative estimate of drug-likeness (QED) is 0.340. The van der Waals surface area contributed by atoms with Crippen LogP contribution < -0.4 is 0 Å². The van der Waals surface area contributed by atoms with Crippen LogP contribution in [-0.4, -0.2) is 37.2 Å². The summed E-state index contributed by atoms with van der Waals surface area (Å²) in [4.78, 5) is 12.5. The number of hydrogen-bond acceptors (Lipinski definition) is 4. The van der Waals surface area contributed by atoms with Crippen LogP contribution in [0, 0.1) is 0 Å². The van der Waals surface area contributed by atoms with Crippen LogP contribution in [0.5, 0.6) is 0 Å². The fourth-order valence-electron chi connectivity index (χ4n) is 6.47. The van der Waals surface area contributed by atoms with Crippen LogP contribution in [-0.2, 0) is 25.9 Å². The molecule has 0 spiro atoms. The average molecular weight is 526 g/mol. The molecular formula is C26H47N2O2Pd. The Bertz CT molecular complexity index is 460. The van der Waals surface area contributed by atoms with E-state index in [4.69, 9.17) is 3.46 Å². The minimum atomic E-state index is -1.70. The van der Waals surface area contributed by atoms with E-state index >= 15 is 0 Å². The molecule has 0 aromatic rings. The van der Waals surface area contributed by atoms with Gasteiger partial charge in [-0.05, 0) is 0 Å². The Balaban J connectivity index is 1.67.